The number of carboxylic acids is 1. The zero-order valence-corrected chi connectivity index (χ0v) is 21.6. The van der Waals surface area contributed by atoms with E-state index in [4.69, 9.17) is 4.74 Å². The molecule has 7 nitrogen and oxygen atoms in total. The van der Waals surface area contributed by atoms with Gasteiger partial charge in [0.2, 0.25) is 0 Å². The first kappa shape index (κ1) is 25.7. The minimum atomic E-state index is -1.00. The molecule has 0 saturated carbocycles. The van der Waals surface area contributed by atoms with Crippen molar-refractivity contribution in [1.29, 1.82) is 0 Å². The van der Waals surface area contributed by atoms with Gasteiger partial charge in [0, 0.05) is 11.3 Å². The molecule has 1 unspecified atom stereocenters. The molecule has 39 heavy (non-hydrogen) atoms. The van der Waals surface area contributed by atoms with Crippen LogP contribution in [0, 0.1) is 0 Å². The number of para-hydroxylation sites is 2. The van der Waals surface area contributed by atoms with Crippen LogP contribution in [0.5, 0.6) is 11.5 Å². The van der Waals surface area contributed by atoms with Crippen LogP contribution >= 0.6 is 0 Å². The lowest BCUT2D eigenvalue weighted by Gasteiger charge is -2.28. The van der Waals surface area contributed by atoms with Crippen molar-refractivity contribution in [2.24, 2.45) is 0 Å². The highest BCUT2D eigenvalue weighted by molar-refractivity contribution is 6.06. The number of carbonyl (C=O) groups excluding carboxylic acids is 2. The molecule has 1 aliphatic heterocycles. The second-order valence-corrected chi connectivity index (χ2v) is 9.40. The van der Waals surface area contributed by atoms with Gasteiger partial charge in [-0.15, -0.1) is 0 Å². The van der Waals surface area contributed by atoms with Crippen LogP contribution in [-0.2, 0) is 4.79 Å². The third kappa shape index (κ3) is 5.11. The first-order chi connectivity index (χ1) is 18.9. The lowest BCUT2D eigenvalue weighted by atomic mass is 9.98. The lowest BCUT2D eigenvalue weighted by molar-refractivity contribution is -0.143. The fraction of sp³-hybridized carbons (Fsp3) is 0.156. The molecule has 196 valence electrons. The van der Waals surface area contributed by atoms with Crippen LogP contribution < -0.4 is 10.1 Å². The van der Waals surface area contributed by atoms with E-state index in [2.05, 4.69) is 5.32 Å². The Kier molecular flexibility index (Phi) is 7.14. The highest BCUT2D eigenvalue weighted by Crippen LogP contribution is 2.38. The van der Waals surface area contributed by atoms with Gasteiger partial charge >= 0.3 is 5.97 Å². The molecular formula is C32H28N2O5. The maximum absolute atomic E-state index is 13.2. The Hall–Kier alpha value is -4.91. The summed E-state index contributed by atoms with van der Waals surface area (Å²) in [5, 5.41) is 12.5. The van der Waals surface area contributed by atoms with Crippen LogP contribution in [0.4, 0.5) is 5.69 Å². The van der Waals surface area contributed by atoms with Crippen LogP contribution in [0.25, 0.3) is 11.1 Å². The number of nitrogens with one attached hydrogen (secondary N) is 1. The molecule has 1 aliphatic rings. The molecule has 0 bridgehead atoms. The third-order valence-corrected chi connectivity index (χ3v) is 6.97. The van der Waals surface area contributed by atoms with Crippen molar-refractivity contribution in [3.63, 3.8) is 0 Å². The predicted octanol–water partition coefficient (Wildman–Crippen LogP) is 6.78. The molecule has 0 fully saturated rings. The average molecular weight is 521 g/mol. The standard InChI is InChI=1S/C32H28N2O5/c1-3-28(32(37)38)34-20(2)25-18-15-22(19-27(25)31(34)36)21-13-16-23(17-14-21)33-30(35)26-11-7-8-12-29(26)39-24-9-5-4-6-10-24/h4-20,28H,3H2,1-2H3,(H,33,35)(H,37,38)/t20-,28?/m0/s1. The molecule has 0 aromatic heterocycles. The second-order valence-electron chi connectivity index (χ2n) is 9.40. The summed E-state index contributed by atoms with van der Waals surface area (Å²) in [7, 11) is 0. The Morgan fingerprint density at radius 2 is 1.59 bits per heavy atom. The van der Waals surface area contributed by atoms with Crippen molar-refractivity contribution < 1.29 is 24.2 Å². The van der Waals surface area contributed by atoms with Crippen molar-refractivity contribution in [3.8, 4) is 22.6 Å². The van der Waals surface area contributed by atoms with Crippen LogP contribution in [0.1, 0.15) is 52.6 Å². The Morgan fingerprint density at radius 3 is 2.28 bits per heavy atom. The monoisotopic (exact) mass is 520 g/mol. The van der Waals surface area contributed by atoms with Gasteiger partial charge in [0.15, 0.2) is 0 Å². The summed E-state index contributed by atoms with van der Waals surface area (Å²) in [5.74, 6) is -0.473. The summed E-state index contributed by atoms with van der Waals surface area (Å²) in [6.07, 6.45) is 0.336. The van der Waals surface area contributed by atoms with E-state index in [1.54, 1.807) is 37.3 Å². The van der Waals surface area contributed by atoms with Gasteiger partial charge < -0.3 is 20.1 Å². The van der Waals surface area contributed by atoms with Crippen molar-refractivity contribution in [1.82, 2.24) is 4.90 Å². The second kappa shape index (κ2) is 10.8. The van der Waals surface area contributed by atoms with Gasteiger partial charge in [-0.2, -0.15) is 0 Å². The van der Waals surface area contributed by atoms with Crippen LogP contribution in [0.15, 0.2) is 97.1 Å². The molecule has 0 aliphatic carbocycles. The summed E-state index contributed by atoms with van der Waals surface area (Å²) >= 11 is 0. The topological polar surface area (TPSA) is 95.9 Å². The van der Waals surface area contributed by atoms with Crippen LogP contribution in [0.3, 0.4) is 0 Å². The highest BCUT2D eigenvalue weighted by Gasteiger charge is 2.40. The minimum absolute atomic E-state index is 0.270. The number of benzene rings is 4. The molecule has 4 aromatic rings. The zero-order valence-electron chi connectivity index (χ0n) is 21.6. The van der Waals surface area contributed by atoms with E-state index in [0.717, 1.165) is 16.7 Å². The minimum Gasteiger partial charge on any atom is -0.480 e. The van der Waals surface area contributed by atoms with Gasteiger partial charge in [0.25, 0.3) is 11.8 Å². The van der Waals surface area contributed by atoms with Crippen LogP contribution in [0.2, 0.25) is 0 Å². The van der Waals surface area contributed by atoms with Gasteiger partial charge in [-0.05, 0) is 72.5 Å². The molecule has 4 aromatic carbocycles. The van der Waals surface area contributed by atoms with Gasteiger partial charge in [0.05, 0.1) is 11.6 Å². The highest BCUT2D eigenvalue weighted by atomic mass is 16.5. The number of carboxylic acid groups (broad SMARTS) is 1. The number of ether oxygens (including phenoxy) is 1. The Balaban J connectivity index is 1.33. The van der Waals surface area contributed by atoms with Gasteiger partial charge in [0.1, 0.15) is 17.5 Å². The largest absolute Gasteiger partial charge is 0.480 e. The number of fused-ring (bicyclic) bond motifs is 1. The fourth-order valence-electron chi connectivity index (χ4n) is 4.96. The van der Waals surface area contributed by atoms with Crippen molar-refractivity contribution in [3.05, 3.63) is 114 Å². The fourth-order valence-corrected chi connectivity index (χ4v) is 4.96. The quantitative estimate of drug-likeness (QED) is 0.267. The first-order valence-corrected chi connectivity index (χ1v) is 12.8. The summed E-state index contributed by atoms with van der Waals surface area (Å²) in [4.78, 5) is 39.4. The molecule has 0 radical (unpaired) electrons. The molecule has 1 heterocycles. The Bertz CT molecular complexity index is 1530. The number of carbonyl (C=O) groups is 3. The number of nitrogens with zero attached hydrogens (tertiary/aromatic N) is 1. The first-order valence-electron chi connectivity index (χ1n) is 12.8. The average Bonchev–Trinajstić information content (AvgIpc) is 3.19. The number of anilines is 1. The molecule has 2 atom stereocenters. The van der Waals surface area contributed by atoms with Crippen molar-refractivity contribution >= 4 is 23.5 Å². The molecule has 5 rings (SSSR count). The lowest BCUT2D eigenvalue weighted by Crippen LogP contribution is -2.42. The van der Waals surface area contributed by atoms with E-state index in [-0.39, 0.29) is 17.9 Å². The zero-order chi connectivity index (χ0) is 27.5. The molecule has 2 N–H and O–H groups in total. The van der Waals surface area contributed by atoms with E-state index in [1.807, 2.05) is 73.7 Å². The maximum Gasteiger partial charge on any atom is 0.326 e. The number of hydrogen-bond donors (Lipinski definition) is 2. The normalized spacial score (nSPS) is 15.0. The molecule has 0 saturated heterocycles. The van der Waals surface area contributed by atoms with Crippen molar-refractivity contribution in [2.75, 3.05) is 5.32 Å². The van der Waals surface area contributed by atoms with E-state index >= 15 is 0 Å². The Morgan fingerprint density at radius 1 is 0.923 bits per heavy atom. The summed E-state index contributed by atoms with van der Waals surface area (Å²) in [5.41, 5.74) is 4.07. The van der Waals surface area contributed by atoms with E-state index < -0.39 is 12.0 Å². The van der Waals surface area contributed by atoms with E-state index in [0.29, 0.717) is 34.7 Å². The van der Waals surface area contributed by atoms with Gasteiger partial charge in [-0.3, -0.25) is 9.59 Å². The number of amides is 2. The number of hydrogen-bond acceptors (Lipinski definition) is 4. The molecule has 0 spiro atoms. The van der Waals surface area contributed by atoms with E-state index in [9.17, 15) is 19.5 Å². The summed E-state index contributed by atoms with van der Waals surface area (Å²) < 4.78 is 5.92. The molecule has 7 heteroatoms. The van der Waals surface area contributed by atoms with E-state index in [1.165, 1.54) is 4.90 Å². The molecular weight excluding hydrogens is 492 g/mol. The predicted molar refractivity (Wildman–Crippen MR) is 149 cm³/mol. The van der Waals surface area contributed by atoms with Crippen LogP contribution in [-0.4, -0.2) is 33.8 Å². The van der Waals surface area contributed by atoms with Crippen molar-refractivity contribution in [2.45, 2.75) is 32.4 Å². The maximum atomic E-state index is 13.2. The number of rotatable bonds is 8. The molecule has 2 amide bonds. The smallest absolute Gasteiger partial charge is 0.326 e. The number of aliphatic carboxylic acids is 1. The SMILES string of the molecule is CCC(C(=O)O)N1C(=O)c2cc(-c3ccc(NC(=O)c4ccccc4Oc4ccccc4)cc3)ccc2[C@@H]1C. The Labute approximate surface area is 226 Å². The summed E-state index contributed by atoms with van der Waals surface area (Å²) in [6.45, 7) is 3.62. The summed E-state index contributed by atoms with van der Waals surface area (Å²) in [6, 6.07) is 28.1. The van der Waals surface area contributed by atoms with Gasteiger partial charge in [-0.25, -0.2) is 4.79 Å². The third-order valence-electron chi connectivity index (χ3n) is 6.97. The van der Waals surface area contributed by atoms with Gasteiger partial charge in [-0.1, -0.05) is 61.5 Å².